The van der Waals surface area contributed by atoms with Crippen LogP contribution in [0.5, 0.6) is 0 Å². The molecule has 1 atom stereocenters. The molecular formula is C15H17Cl2NS. The van der Waals surface area contributed by atoms with Gasteiger partial charge in [0.25, 0.3) is 0 Å². The lowest BCUT2D eigenvalue weighted by molar-refractivity contribution is 0.793. The molecule has 0 saturated carbocycles. The molecule has 0 fully saturated rings. The van der Waals surface area contributed by atoms with Crippen molar-refractivity contribution in [3.05, 3.63) is 55.7 Å². The molecule has 0 spiro atoms. The maximum absolute atomic E-state index is 6.24. The van der Waals surface area contributed by atoms with Gasteiger partial charge in [-0.05, 0) is 30.0 Å². The molecule has 19 heavy (non-hydrogen) atoms. The Balaban J connectivity index is 2.15. The summed E-state index contributed by atoms with van der Waals surface area (Å²) >= 11 is 13.5. The first kappa shape index (κ1) is 14.9. The van der Waals surface area contributed by atoms with E-state index in [-0.39, 0.29) is 6.04 Å². The van der Waals surface area contributed by atoms with Crippen LogP contribution in [0.4, 0.5) is 0 Å². The quantitative estimate of drug-likeness (QED) is 0.780. The van der Waals surface area contributed by atoms with Crippen molar-refractivity contribution in [2.75, 3.05) is 0 Å². The molecule has 0 aliphatic rings. The van der Waals surface area contributed by atoms with E-state index in [9.17, 15) is 0 Å². The lowest BCUT2D eigenvalue weighted by Gasteiger charge is -2.12. The third-order valence-corrected chi connectivity index (χ3v) is 4.69. The van der Waals surface area contributed by atoms with Crippen LogP contribution in [0.15, 0.2) is 30.3 Å². The number of benzene rings is 1. The summed E-state index contributed by atoms with van der Waals surface area (Å²) in [7, 11) is 0. The maximum Gasteiger partial charge on any atom is 0.0995 e. The number of thiophene rings is 1. The lowest BCUT2D eigenvalue weighted by atomic mass is 9.99. The molecule has 0 bridgehead atoms. The second kappa shape index (κ2) is 6.76. The normalized spacial score (nSPS) is 12.6. The van der Waals surface area contributed by atoms with E-state index >= 15 is 0 Å². The fourth-order valence-corrected chi connectivity index (χ4v) is 3.57. The van der Waals surface area contributed by atoms with Gasteiger partial charge in [0.05, 0.1) is 14.7 Å². The lowest BCUT2D eigenvalue weighted by Crippen LogP contribution is -2.11. The monoisotopic (exact) mass is 313 g/mol. The fourth-order valence-electron chi connectivity index (χ4n) is 2.02. The Morgan fingerprint density at radius 2 is 1.89 bits per heavy atom. The first-order valence-corrected chi connectivity index (χ1v) is 7.98. The fraction of sp³-hybridized carbons (Fsp3) is 0.333. The first-order valence-electron chi connectivity index (χ1n) is 6.41. The van der Waals surface area contributed by atoms with Crippen LogP contribution in [0.1, 0.15) is 42.5 Å². The summed E-state index contributed by atoms with van der Waals surface area (Å²) in [5.41, 5.74) is 9.57. The minimum atomic E-state index is -0.212. The van der Waals surface area contributed by atoms with Gasteiger partial charge in [0.15, 0.2) is 0 Å². The van der Waals surface area contributed by atoms with Crippen LogP contribution < -0.4 is 5.73 Å². The van der Waals surface area contributed by atoms with Crippen molar-refractivity contribution in [3.63, 3.8) is 0 Å². The maximum atomic E-state index is 6.24. The van der Waals surface area contributed by atoms with Crippen LogP contribution in [-0.4, -0.2) is 0 Å². The topological polar surface area (TPSA) is 26.0 Å². The summed E-state index contributed by atoms with van der Waals surface area (Å²) in [6.45, 7) is 2.20. The predicted molar refractivity (Wildman–Crippen MR) is 85.4 cm³/mol. The van der Waals surface area contributed by atoms with E-state index in [1.807, 2.05) is 6.07 Å². The van der Waals surface area contributed by atoms with E-state index < -0.39 is 0 Å². The van der Waals surface area contributed by atoms with Crippen LogP contribution in [0.3, 0.4) is 0 Å². The van der Waals surface area contributed by atoms with Gasteiger partial charge in [-0.1, -0.05) is 60.8 Å². The van der Waals surface area contributed by atoms with Gasteiger partial charge in [0, 0.05) is 5.56 Å². The van der Waals surface area contributed by atoms with Crippen LogP contribution in [-0.2, 0) is 6.42 Å². The van der Waals surface area contributed by atoms with Crippen LogP contribution in [0.25, 0.3) is 0 Å². The largest absolute Gasteiger partial charge is 0.320 e. The predicted octanol–water partition coefficient (Wildman–Crippen LogP) is 5.45. The zero-order valence-corrected chi connectivity index (χ0v) is 13.2. The van der Waals surface area contributed by atoms with E-state index in [0.717, 1.165) is 17.5 Å². The van der Waals surface area contributed by atoms with Crippen LogP contribution >= 0.6 is 34.5 Å². The van der Waals surface area contributed by atoms with Crippen molar-refractivity contribution in [2.45, 2.75) is 32.2 Å². The number of aryl methyl sites for hydroxylation is 1. The Morgan fingerprint density at radius 3 is 2.42 bits per heavy atom. The van der Waals surface area contributed by atoms with Crippen molar-refractivity contribution in [2.24, 2.45) is 5.73 Å². The third-order valence-electron chi connectivity index (χ3n) is 3.18. The molecule has 1 unspecified atom stereocenters. The number of hydrogen-bond donors (Lipinski definition) is 1. The van der Waals surface area contributed by atoms with Gasteiger partial charge in [0.1, 0.15) is 0 Å². The molecule has 2 aromatic rings. The van der Waals surface area contributed by atoms with Gasteiger partial charge in [0.2, 0.25) is 0 Å². The molecule has 0 aliphatic heterocycles. The molecule has 0 amide bonds. The van der Waals surface area contributed by atoms with Gasteiger partial charge < -0.3 is 5.73 Å². The minimum absolute atomic E-state index is 0.212. The minimum Gasteiger partial charge on any atom is -0.320 e. The molecule has 0 saturated heterocycles. The summed E-state index contributed by atoms with van der Waals surface area (Å²) in [5.74, 6) is 0. The summed E-state index contributed by atoms with van der Waals surface area (Å²) < 4.78 is 1.35. The van der Waals surface area contributed by atoms with Crippen molar-refractivity contribution < 1.29 is 0 Å². The second-order valence-corrected chi connectivity index (χ2v) is 6.89. The van der Waals surface area contributed by atoms with E-state index in [0.29, 0.717) is 8.67 Å². The zero-order chi connectivity index (χ0) is 13.8. The molecular weight excluding hydrogens is 297 g/mol. The summed E-state index contributed by atoms with van der Waals surface area (Å²) in [6, 6.07) is 10.1. The van der Waals surface area contributed by atoms with Crippen LogP contribution in [0.2, 0.25) is 8.67 Å². The Bertz CT molecular complexity index is 534. The van der Waals surface area contributed by atoms with Gasteiger partial charge in [-0.25, -0.2) is 0 Å². The molecule has 4 heteroatoms. The average Bonchev–Trinajstić information content (AvgIpc) is 2.75. The number of hydrogen-bond acceptors (Lipinski definition) is 2. The first-order chi connectivity index (χ1) is 9.11. The van der Waals surface area contributed by atoms with Crippen molar-refractivity contribution in [3.8, 4) is 0 Å². The SMILES string of the molecule is CCCCc1ccc(C(N)c2cc(Cl)sc2Cl)cc1. The highest BCUT2D eigenvalue weighted by Gasteiger charge is 2.15. The zero-order valence-electron chi connectivity index (χ0n) is 10.8. The average molecular weight is 314 g/mol. The molecule has 1 aromatic heterocycles. The van der Waals surface area contributed by atoms with E-state index in [1.54, 1.807) is 0 Å². The van der Waals surface area contributed by atoms with Gasteiger partial charge in [-0.3, -0.25) is 0 Å². The highest BCUT2D eigenvalue weighted by Crippen LogP contribution is 2.36. The Morgan fingerprint density at radius 1 is 1.21 bits per heavy atom. The molecule has 2 N–H and O–H groups in total. The highest BCUT2D eigenvalue weighted by molar-refractivity contribution is 7.20. The Labute approximate surface area is 128 Å². The Hall–Kier alpha value is -0.540. The molecule has 1 heterocycles. The summed E-state index contributed by atoms with van der Waals surface area (Å²) in [6.07, 6.45) is 3.55. The molecule has 0 aliphatic carbocycles. The molecule has 1 aromatic carbocycles. The molecule has 102 valence electrons. The number of rotatable bonds is 5. The number of nitrogens with two attached hydrogens (primary N) is 1. The highest BCUT2D eigenvalue weighted by atomic mass is 35.5. The number of halogens is 2. The number of unbranched alkanes of at least 4 members (excludes halogenated alkanes) is 1. The van der Waals surface area contributed by atoms with Gasteiger partial charge >= 0.3 is 0 Å². The van der Waals surface area contributed by atoms with E-state index in [1.165, 1.54) is 29.7 Å². The van der Waals surface area contributed by atoms with Crippen molar-refractivity contribution in [1.29, 1.82) is 0 Å². The smallest absolute Gasteiger partial charge is 0.0995 e. The molecule has 2 rings (SSSR count). The van der Waals surface area contributed by atoms with Crippen molar-refractivity contribution >= 4 is 34.5 Å². The second-order valence-electron chi connectivity index (χ2n) is 4.60. The standard InChI is InChI=1S/C15H17Cl2NS/c1-2-3-4-10-5-7-11(8-6-10)14(18)12-9-13(16)19-15(12)17/h5-9,14H,2-4,18H2,1H3. The molecule has 0 radical (unpaired) electrons. The van der Waals surface area contributed by atoms with Crippen LogP contribution in [0, 0.1) is 0 Å². The van der Waals surface area contributed by atoms with E-state index in [2.05, 4.69) is 31.2 Å². The summed E-state index contributed by atoms with van der Waals surface area (Å²) in [5, 5.41) is 0. The third kappa shape index (κ3) is 3.73. The van der Waals surface area contributed by atoms with Gasteiger partial charge in [-0.2, -0.15) is 0 Å². The molecule has 1 nitrogen and oxygen atoms in total. The van der Waals surface area contributed by atoms with Gasteiger partial charge in [-0.15, -0.1) is 11.3 Å². The van der Waals surface area contributed by atoms with Crippen molar-refractivity contribution in [1.82, 2.24) is 0 Å². The van der Waals surface area contributed by atoms with E-state index in [4.69, 9.17) is 28.9 Å². The summed E-state index contributed by atoms with van der Waals surface area (Å²) in [4.78, 5) is 0. The Kier molecular flexibility index (Phi) is 5.28.